The van der Waals surface area contributed by atoms with Crippen LogP contribution < -0.4 is 0 Å². The van der Waals surface area contributed by atoms with Gasteiger partial charge < -0.3 is 5.11 Å². The molecule has 1 aliphatic carbocycles. The molecule has 0 spiro atoms. The lowest BCUT2D eigenvalue weighted by Crippen LogP contribution is -2.08. The van der Waals surface area contributed by atoms with E-state index in [9.17, 15) is 22.7 Å². The molecule has 0 bridgehead atoms. The van der Waals surface area contributed by atoms with Gasteiger partial charge in [0.15, 0.2) is 0 Å². The number of rotatable bonds is 1. The lowest BCUT2D eigenvalue weighted by molar-refractivity contribution is -0.140. The van der Waals surface area contributed by atoms with Crippen molar-refractivity contribution in [3.63, 3.8) is 0 Å². The molecule has 92 valence electrons. The molecule has 1 aromatic rings. The van der Waals surface area contributed by atoms with Crippen LogP contribution >= 0.6 is 0 Å². The molecule has 2 rings (SSSR count). The van der Waals surface area contributed by atoms with Gasteiger partial charge >= 0.3 is 6.18 Å². The van der Waals surface area contributed by atoms with Gasteiger partial charge in [0, 0.05) is 0 Å². The Morgan fingerprint density at radius 1 is 1.24 bits per heavy atom. The molecule has 0 amide bonds. The number of hydrogen-bond acceptors (Lipinski definition) is 1. The van der Waals surface area contributed by atoms with E-state index in [-0.39, 0.29) is 0 Å². The first kappa shape index (κ1) is 12.1. The van der Waals surface area contributed by atoms with Crippen LogP contribution in [0.2, 0.25) is 0 Å². The van der Waals surface area contributed by atoms with Gasteiger partial charge in [0.2, 0.25) is 0 Å². The van der Waals surface area contributed by atoms with Gasteiger partial charge in [-0.3, -0.25) is 0 Å². The molecule has 0 aromatic heterocycles. The Hall–Kier alpha value is -1.36. The van der Waals surface area contributed by atoms with Gasteiger partial charge in [0.05, 0.1) is 11.7 Å². The largest absolute Gasteiger partial charge is 0.419 e. The molecule has 0 fully saturated rings. The molecule has 1 atom stereocenters. The Bertz CT molecular complexity index is 462. The van der Waals surface area contributed by atoms with Gasteiger partial charge in [0.1, 0.15) is 5.82 Å². The van der Waals surface area contributed by atoms with Crippen LogP contribution in [0.1, 0.15) is 24.0 Å². The fourth-order valence-electron chi connectivity index (χ4n) is 1.89. The highest BCUT2D eigenvalue weighted by atomic mass is 19.4. The summed E-state index contributed by atoms with van der Waals surface area (Å²) >= 11 is 0. The molecule has 0 aliphatic heterocycles. The number of alkyl halides is 3. The summed E-state index contributed by atoms with van der Waals surface area (Å²) in [5.74, 6) is -1.28. The van der Waals surface area contributed by atoms with E-state index < -0.39 is 23.7 Å². The smallest absolute Gasteiger partial charge is 0.389 e. The van der Waals surface area contributed by atoms with Crippen LogP contribution in [0.3, 0.4) is 0 Å². The van der Waals surface area contributed by atoms with Gasteiger partial charge in [-0.25, -0.2) is 4.39 Å². The van der Waals surface area contributed by atoms with Crippen molar-refractivity contribution >= 4 is 5.57 Å². The quantitative estimate of drug-likeness (QED) is 0.753. The van der Waals surface area contributed by atoms with Crippen LogP contribution in [-0.4, -0.2) is 11.2 Å². The van der Waals surface area contributed by atoms with Gasteiger partial charge in [-0.1, -0.05) is 12.1 Å². The highest BCUT2D eigenvalue weighted by Crippen LogP contribution is 2.35. The normalized spacial score (nSPS) is 20.5. The zero-order valence-electron chi connectivity index (χ0n) is 8.76. The highest BCUT2D eigenvalue weighted by Gasteiger charge is 2.34. The van der Waals surface area contributed by atoms with Crippen molar-refractivity contribution in [1.29, 1.82) is 0 Å². The van der Waals surface area contributed by atoms with Gasteiger partial charge in [-0.15, -0.1) is 0 Å². The Balaban J connectivity index is 2.42. The number of benzene rings is 1. The van der Waals surface area contributed by atoms with Crippen LogP contribution in [-0.2, 0) is 6.18 Å². The first-order chi connectivity index (χ1) is 7.88. The summed E-state index contributed by atoms with van der Waals surface area (Å²) in [6, 6.07) is 2.90. The zero-order valence-corrected chi connectivity index (χ0v) is 8.76. The fourth-order valence-corrected chi connectivity index (χ4v) is 1.89. The molecule has 1 nitrogen and oxygen atoms in total. The SMILES string of the molecule is OC1C=C(c2ccc(F)c(C(F)(F)F)c2)CC1. The molecule has 1 unspecified atom stereocenters. The van der Waals surface area contributed by atoms with Crippen LogP contribution in [0.4, 0.5) is 17.6 Å². The van der Waals surface area contributed by atoms with E-state index in [2.05, 4.69) is 0 Å². The number of aliphatic hydroxyl groups excluding tert-OH is 1. The van der Waals surface area contributed by atoms with Gasteiger partial charge in [0.25, 0.3) is 0 Å². The van der Waals surface area contributed by atoms with Crippen molar-refractivity contribution in [2.75, 3.05) is 0 Å². The van der Waals surface area contributed by atoms with Crippen LogP contribution in [0, 0.1) is 5.82 Å². The minimum atomic E-state index is -4.70. The molecule has 0 heterocycles. The summed E-state index contributed by atoms with van der Waals surface area (Å²) in [7, 11) is 0. The van der Waals surface area contributed by atoms with Gasteiger partial charge in [-0.05, 0) is 36.1 Å². The van der Waals surface area contributed by atoms with Gasteiger partial charge in [-0.2, -0.15) is 13.2 Å². The lowest BCUT2D eigenvalue weighted by Gasteiger charge is -2.10. The second-order valence-electron chi connectivity index (χ2n) is 3.99. The van der Waals surface area contributed by atoms with Crippen LogP contribution in [0.15, 0.2) is 24.3 Å². The molecule has 1 aliphatic rings. The first-order valence-corrected chi connectivity index (χ1v) is 5.14. The Morgan fingerprint density at radius 2 is 1.94 bits per heavy atom. The zero-order chi connectivity index (χ0) is 12.6. The summed E-state index contributed by atoms with van der Waals surface area (Å²) in [6.07, 6.45) is -2.81. The molecule has 0 saturated heterocycles. The topological polar surface area (TPSA) is 20.2 Å². The van der Waals surface area contributed by atoms with E-state index in [4.69, 9.17) is 0 Å². The number of aliphatic hydroxyl groups is 1. The number of halogens is 4. The van der Waals surface area contributed by atoms with E-state index in [1.54, 1.807) is 0 Å². The minimum absolute atomic E-state index is 0.315. The van der Waals surface area contributed by atoms with E-state index in [1.165, 1.54) is 12.1 Å². The molecule has 5 heteroatoms. The van der Waals surface area contributed by atoms with Crippen molar-refractivity contribution in [3.8, 4) is 0 Å². The minimum Gasteiger partial charge on any atom is -0.389 e. The molecule has 1 N–H and O–H groups in total. The van der Waals surface area contributed by atoms with Crippen LogP contribution in [0.25, 0.3) is 5.57 Å². The van der Waals surface area contributed by atoms with Crippen LogP contribution in [0.5, 0.6) is 0 Å². The van der Waals surface area contributed by atoms with E-state index in [0.717, 1.165) is 12.1 Å². The molecule has 0 radical (unpaired) electrons. The fraction of sp³-hybridized carbons (Fsp3) is 0.333. The summed E-state index contributed by atoms with van der Waals surface area (Å²) in [6.45, 7) is 0. The Labute approximate surface area is 95.4 Å². The highest BCUT2D eigenvalue weighted by molar-refractivity contribution is 5.68. The molecule has 1 aromatic carbocycles. The lowest BCUT2D eigenvalue weighted by atomic mass is 10.0. The number of allylic oxidation sites excluding steroid dienone is 1. The maximum absolute atomic E-state index is 13.0. The maximum atomic E-state index is 13.0. The predicted octanol–water partition coefficient (Wildman–Crippen LogP) is 3.38. The molecule has 0 saturated carbocycles. The van der Waals surface area contributed by atoms with E-state index in [1.807, 2.05) is 0 Å². The molecular formula is C12H10F4O. The Kier molecular flexibility index (Phi) is 2.95. The average molecular weight is 246 g/mol. The molecule has 17 heavy (non-hydrogen) atoms. The predicted molar refractivity (Wildman–Crippen MR) is 54.6 cm³/mol. The summed E-state index contributed by atoms with van der Waals surface area (Å²) in [5.41, 5.74) is -0.324. The Morgan fingerprint density at radius 3 is 2.47 bits per heavy atom. The monoisotopic (exact) mass is 246 g/mol. The second kappa shape index (κ2) is 4.14. The third-order valence-corrected chi connectivity index (χ3v) is 2.75. The van der Waals surface area contributed by atoms with Crippen molar-refractivity contribution in [3.05, 3.63) is 41.2 Å². The summed E-state index contributed by atoms with van der Waals surface area (Å²) < 4.78 is 50.5. The average Bonchev–Trinajstić information content (AvgIpc) is 2.64. The van der Waals surface area contributed by atoms with Crippen molar-refractivity contribution in [2.24, 2.45) is 0 Å². The summed E-state index contributed by atoms with van der Waals surface area (Å²) in [4.78, 5) is 0. The summed E-state index contributed by atoms with van der Waals surface area (Å²) in [5, 5.41) is 9.27. The van der Waals surface area contributed by atoms with Crippen molar-refractivity contribution < 1.29 is 22.7 Å². The third kappa shape index (κ3) is 2.49. The molecular weight excluding hydrogens is 236 g/mol. The van der Waals surface area contributed by atoms with E-state index >= 15 is 0 Å². The van der Waals surface area contributed by atoms with Crippen molar-refractivity contribution in [1.82, 2.24) is 0 Å². The van der Waals surface area contributed by atoms with E-state index in [0.29, 0.717) is 24.0 Å². The standard InChI is InChI=1S/C12H10F4O/c13-11-4-2-8(6-10(11)12(14,15)16)7-1-3-9(17)5-7/h2,4-6,9,17H,1,3H2. The van der Waals surface area contributed by atoms with Crippen molar-refractivity contribution in [2.45, 2.75) is 25.1 Å². The third-order valence-electron chi connectivity index (χ3n) is 2.75. The maximum Gasteiger partial charge on any atom is 0.419 e. The number of hydrogen-bond donors (Lipinski definition) is 1. The first-order valence-electron chi connectivity index (χ1n) is 5.14. The second-order valence-corrected chi connectivity index (χ2v) is 3.99.